The topological polar surface area (TPSA) is 49.9 Å². The van der Waals surface area contributed by atoms with E-state index in [1.807, 2.05) is 41.8 Å². The number of rotatable bonds is 6. The third-order valence-electron chi connectivity index (χ3n) is 6.60. The second kappa shape index (κ2) is 10.7. The molecule has 160 valence electrons. The maximum atomic E-state index is 12.6. The van der Waals surface area contributed by atoms with Crippen LogP contribution in [0.3, 0.4) is 0 Å². The average molecular weight is 401 g/mol. The number of amides is 2. The zero-order chi connectivity index (χ0) is 20.6. The van der Waals surface area contributed by atoms with Gasteiger partial charge < -0.3 is 14.5 Å². The molecule has 1 aliphatic heterocycles. The van der Waals surface area contributed by atoms with E-state index in [4.69, 9.17) is 4.74 Å². The van der Waals surface area contributed by atoms with Crippen LogP contribution in [0.15, 0.2) is 18.2 Å². The van der Waals surface area contributed by atoms with Crippen LogP contribution in [0.5, 0.6) is 5.75 Å². The molecule has 1 aliphatic carbocycles. The smallest absolute Gasteiger partial charge is 0.260 e. The maximum absolute atomic E-state index is 12.6. The fraction of sp³-hybridized carbons (Fsp3) is 0.667. The molecule has 2 amide bonds. The Kier molecular flexibility index (Phi) is 7.96. The fourth-order valence-corrected chi connectivity index (χ4v) is 4.49. The van der Waals surface area contributed by atoms with E-state index in [9.17, 15) is 9.59 Å². The summed E-state index contributed by atoms with van der Waals surface area (Å²) in [7, 11) is 0. The molecule has 1 saturated heterocycles. The molecule has 1 saturated carbocycles. The third kappa shape index (κ3) is 6.22. The molecule has 1 heterocycles. The highest BCUT2D eigenvalue weighted by Gasteiger charge is 2.23. The van der Waals surface area contributed by atoms with Crippen molar-refractivity contribution in [3.05, 3.63) is 29.3 Å². The van der Waals surface area contributed by atoms with Gasteiger partial charge in [-0.1, -0.05) is 44.2 Å². The number of aryl methyl sites for hydroxylation is 1. The molecule has 0 N–H and O–H groups in total. The van der Waals surface area contributed by atoms with E-state index in [1.165, 1.54) is 32.1 Å². The Balaban J connectivity index is 1.43. The van der Waals surface area contributed by atoms with E-state index in [-0.39, 0.29) is 18.4 Å². The van der Waals surface area contributed by atoms with Crippen LogP contribution in [0.25, 0.3) is 0 Å². The van der Waals surface area contributed by atoms with Gasteiger partial charge in [-0.3, -0.25) is 9.59 Å². The van der Waals surface area contributed by atoms with Gasteiger partial charge in [0, 0.05) is 32.6 Å². The number of carbonyl (C=O) groups is 2. The number of benzene rings is 1. The van der Waals surface area contributed by atoms with Gasteiger partial charge in [0.15, 0.2) is 6.61 Å². The lowest BCUT2D eigenvalue weighted by Crippen LogP contribution is -2.39. The van der Waals surface area contributed by atoms with E-state index in [0.29, 0.717) is 26.1 Å². The van der Waals surface area contributed by atoms with Gasteiger partial charge in [-0.05, 0) is 49.8 Å². The van der Waals surface area contributed by atoms with Gasteiger partial charge in [0.2, 0.25) is 5.91 Å². The van der Waals surface area contributed by atoms with E-state index in [0.717, 1.165) is 42.2 Å². The third-order valence-corrected chi connectivity index (χ3v) is 6.60. The van der Waals surface area contributed by atoms with Gasteiger partial charge in [0.05, 0.1) is 0 Å². The molecule has 0 bridgehead atoms. The molecule has 1 aromatic rings. The van der Waals surface area contributed by atoms with Gasteiger partial charge in [-0.2, -0.15) is 0 Å². The highest BCUT2D eigenvalue weighted by Crippen LogP contribution is 2.27. The minimum absolute atomic E-state index is 0.00223. The Morgan fingerprint density at radius 1 is 0.931 bits per heavy atom. The minimum Gasteiger partial charge on any atom is -0.483 e. The summed E-state index contributed by atoms with van der Waals surface area (Å²) in [4.78, 5) is 29.1. The summed E-state index contributed by atoms with van der Waals surface area (Å²) in [5.41, 5.74) is 2.23. The maximum Gasteiger partial charge on any atom is 0.260 e. The highest BCUT2D eigenvalue weighted by atomic mass is 16.5. The number of ether oxygens (including phenoxy) is 1. The van der Waals surface area contributed by atoms with Crippen LogP contribution in [0.4, 0.5) is 0 Å². The summed E-state index contributed by atoms with van der Waals surface area (Å²) in [6.45, 7) is 6.80. The Bertz CT molecular complexity index is 697. The molecule has 29 heavy (non-hydrogen) atoms. The van der Waals surface area contributed by atoms with E-state index < -0.39 is 0 Å². The normalized spacial score (nSPS) is 18.4. The fourth-order valence-electron chi connectivity index (χ4n) is 4.49. The van der Waals surface area contributed by atoms with E-state index >= 15 is 0 Å². The Morgan fingerprint density at radius 3 is 2.34 bits per heavy atom. The molecule has 2 aliphatic rings. The van der Waals surface area contributed by atoms with Crippen LogP contribution in [-0.4, -0.2) is 54.4 Å². The van der Waals surface area contributed by atoms with Crippen molar-refractivity contribution in [1.82, 2.24) is 9.80 Å². The van der Waals surface area contributed by atoms with Crippen molar-refractivity contribution < 1.29 is 14.3 Å². The monoisotopic (exact) mass is 400 g/mol. The van der Waals surface area contributed by atoms with Crippen LogP contribution in [0.2, 0.25) is 0 Å². The standard InChI is InChI=1S/C24H36N2O3/c1-19-8-6-11-22(20(19)2)29-18-24(28)26-15-7-14-25(16-17-26)23(27)13-12-21-9-4-3-5-10-21/h6,8,11,21H,3-5,7,9-10,12-18H2,1-2H3. The van der Waals surface area contributed by atoms with Crippen molar-refractivity contribution in [2.24, 2.45) is 5.92 Å². The molecule has 0 radical (unpaired) electrons. The predicted molar refractivity (Wildman–Crippen MR) is 115 cm³/mol. The lowest BCUT2D eigenvalue weighted by atomic mass is 9.86. The minimum atomic E-state index is 0.00223. The van der Waals surface area contributed by atoms with Crippen molar-refractivity contribution >= 4 is 11.8 Å². The Morgan fingerprint density at radius 2 is 1.62 bits per heavy atom. The van der Waals surface area contributed by atoms with Gasteiger partial charge >= 0.3 is 0 Å². The second-order valence-corrected chi connectivity index (χ2v) is 8.64. The zero-order valence-corrected chi connectivity index (χ0v) is 18.1. The summed E-state index contributed by atoms with van der Waals surface area (Å²) < 4.78 is 5.78. The van der Waals surface area contributed by atoms with Crippen molar-refractivity contribution in [3.63, 3.8) is 0 Å². The second-order valence-electron chi connectivity index (χ2n) is 8.64. The molecule has 3 rings (SSSR count). The first kappa shape index (κ1) is 21.7. The molecule has 5 nitrogen and oxygen atoms in total. The largest absolute Gasteiger partial charge is 0.483 e. The first-order valence-corrected chi connectivity index (χ1v) is 11.3. The van der Waals surface area contributed by atoms with Crippen LogP contribution in [-0.2, 0) is 9.59 Å². The number of nitrogens with zero attached hydrogens (tertiary/aromatic N) is 2. The van der Waals surface area contributed by atoms with Crippen LogP contribution in [0.1, 0.15) is 62.5 Å². The van der Waals surface area contributed by atoms with Crippen LogP contribution >= 0.6 is 0 Å². The highest BCUT2D eigenvalue weighted by molar-refractivity contribution is 5.78. The Hall–Kier alpha value is -2.04. The van der Waals surface area contributed by atoms with Crippen molar-refractivity contribution in [1.29, 1.82) is 0 Å². The quantitative estimate of drug-likeness (QED) is 0.722. The summed E-state index contributed by atoms with van der Waals surface area (Å²) in [6.07, 6.45) is 9.10. The first-order chi connectivity index (χ1) is 14.0. The lowest BCUT2D eigenvalue weighted by molar-refractivity contribution is -0.135. The van der Waals surface area contributed by atoms with Gasteiger partial charge in [-0.25, -0.2) is 0 Å². The summed E-state index contributed by atoms with van der Waals surface area (Å²) in [6, 6.07) is 5.90. The molecule has 0 unspecified atom stereocenters. The molecule has 1 aromatic carbocycles. The van der Waals surface area contributed by atoms with Crippen molar-refractivity contribution in [2.75, 3.05) is 32.8 Å². The van der Waals surface area contributed by atoms with Crippen molar-refractivity contribution in [2.45, 2.75) is 65.2 Å². The molecule has 0 atom stereocenters. The average Bonchev–Trinajstić information content (AvgIpc) is 3.00. The molecule has 0 aromatic heterocycles. The Labute approximate surface area is 175 Å². The molecule has 5 heteroatoms. The van der Waals surface area contributed by atoms with Gasteiger partial charge in [0.1, 0.15) is 5.75 Å². The molecular weight excluding hydrogens is 364 g/mol. The number of carbonyl (C=O) groups excluding carboxylic acids is 2. The lowest BCUT2D eigenvalue weighted by Gasteiger charge is -2.24. The van der Waals surface area contributed by atoms with Gasteiger partial charge in [0.25, 0.3) is 5.91 Å². The SMILES string of the molecule is Cc1cccc(OCC(=O)N2CCCN(C(=O)CCC3CCCCC3)CC2)c1C. The van der Waals surface area contributed by atoms with E-state index in [1.54, 1.807) is 0 Å². The molecular formula is C24H36N2O3. The molecule has 0 spiro atoms. The van der Waals surface area contributed by atoms with Gasteiger partial charge in [-0.15, -0.1) is 0 Å². The summed E-state index contributed by atoms with van der Waals surface area (Å²) >= 11 is 0. The van der Waals surface area contributed by atoms with E-state index in [2.05, 4.69) is 0 Å². The number of hydrogen-bond acceptors (Lipinski definition) is 3. The van der Waals surface area contributed by atoms with Crippen LogP contribution < -0.4 is 4.74 Å². The summed E-state index contributed by atoms with van der Waals surface area (Å²) in [5, 5.41) is 0. The number of hydrogen-bond donors (Lipinski definition) is 0. The van der Waals surface area contributed by atoms with Crippen LogP contribution in [0, 0.1) is 19.8 Å². The first-order valence-electron chi connectivity index (χ1n) is 11.3. The zero-order valence-electron chi connectivity index (χ0n) is 18.1. The van der Waals surface area contributed by atoms with Crippen molar-refractivity contribution in [3.8, 4) is 5.75 Å². The molecule has 2 fully saturated rings. The predicted octanol–water partition coefficient (Wildman–Crippen LogP) is 4.10. The summed E-state index contributed by atoms with van der Waals surface area (Å²) in [5.74, 6) is 1.77.